The fourth-order valence-corrected chi connectivity index (χ4v) is 7.91. The molecular formula is C40H42O10P2. The number of benzene rings is 5. The second-order valence-electron chi connectivity index (χ2n) is 12.3. The van der Waals surface area contributed by atoms with Gasteiger partial charge in [0.1, 0.15) is 11.7 Å². The smallest absolute Gasteiger partial charge is 0.345 e. The second kappa shape index (κ2) is 18.3. The summed E-state index contributed by atoms with van der Waals surface area (Å²) >= 11 is 0. The third kappa shape index (κ3) is 11.1. The number of rotatable bonds is 18. The van der Waals surface area contributed by atoms with Crippen LogP contribution in [0.2, 0.25) is 0 Å². The van der Waals surface area contributed by atoms with Crippen molar-refractivity contribution >= 4 is 15.6 Å². The Kier molecular flexibility index (Phi) is 13.4. The van der Waals surface area contributed by atoms with E-state index in [4.69, 9.17) is 36.6 Å². The number of hydrogen-bond acceptors (Lipinski definition) is 10. The summed E-state index contributed by atoms with van der Waals surface area (Å²) in [6.07, 6.45) is -1.86. The molecule has 12 heteroatoms. The molecule has 0 bridgehead atoms. The minimum atomic E-state index is -4.33. The lowest BCUT2D eigenvalue weighted by Crippen LogP contribution is -2.53. The Morgan fingerprint density at radius 1 is 0.538 bits per heavy atom. The molecule has 1 heterocycles. The Bertz CT molecular complexity index is 1790. The van der Waals surface area contributed by atoms with Gasteiger partial charge in [0.25, 0.3) is 0 Å². The molecule has 52 heavy (non-hydrogen) atoms. The molecule has 5 aromatic carbocycles. The van der Waals surface area contributed by atoms with Crippen molar-refractivity contribution < 1.29 is 45.7 Å². The summed E-state index contributed by atoms with van der Waals surface area (Å²) in [4.78, 5) is 0. The van der Waals surface area contributed by atoms with Gasteiger partial charge in [0.15, 0.2) is 6.29 Å². The first kappa shape index (κ1) is 38.0. The monoisotopic (exact) mass is 744 g/mol. The Hall–Kier alpha value is -3.76. The van der Waals surface area contributed by atoms with E-state index in [2.05, 4.69) is 0 Å². The van der Waals surface area contributed by atoms with Gasteiger partial charge in [0.05, 0.1) is 39.6 Å². The Morgan fingerprint density at radius 3 is 1.31 bits per heavy atom. The predicted octanol–water partition coefficient (Wildman–Crippen LogP) is 9.98. The molecule has 0 radical (unpaired) electrons. The molecule has 1 saturated heterocycles. The molecule has 0 amide bonds. The van der Waals surface area contributed by atoms with Gasteiger partial charge in [-0.05, 0) is 29.2 Å². The van der Waals surface area contributed by atoms with Crippen molar-refractivity contribution in [3.63, 3.8) is 0 Å². The van der Waals surface area contributed by atoms with E-state index in [1.54, 1.807) is 6.92 Å². The van der Waals surface area contributed by atoms with Crippen LogP contribution in [0.15, 0.2) is 152 Å². The zero-order valence-corrected chi connectivity index (χ0v) is 30.6. The Morgan fingerprint density at radius 2 is 0.904 bits per heavy atom. The van der Waals surface area contributed by atoms with Crippen molar-refractivity contribution in [3.05, 3.63) is 179 Å². The first-order chi connectivity index (χ1) is 25.3. The summed E-state index contributed by atoms with van der Waals surface area (Å²) in [7, 11) is -8.56. The molecule has 0 spiro atoms. The maximum atomic E-state index is 14.5. The summed E-state index contributed by atoms with van der Waals surface area (Å²) in [5.74, 6) is 0. The minimum Gasteiger partial charge on any atom is -0.345 e. The average molecular weight is 745 g/mol. The average Bonchev–Trinajstić information content (AvgIpc) is 3.19. The normalized spacial score (nSPS) is 19.3. The van der Waals surface area contributed by atoms with Crippen molar-refractivity contribution in [3.8, 4) is 0 Å². The molecule has 272 valence electrons. The highest BCUT2D eigenvalue weighted by molar-refractivity contribution is 7.48. The van der Waals surface area contributed by atoms with Gasteiger partial charge in [0.2, 0.25) is 0 Å². The van der Waals surface area contributed by atoms with Crippen LogP contribution in [-0.2, 0) is 72.2 Å². The van der Waals surface area contributed by atoms with E-state index in [9.17, 15) is 9.13 Å². The topological polar surface area (TPSA) is 108 Å². The first-order valence-electron chi connectivity index (χ1n) is 16.9. The lowest BCUT2D eigenvalue weighted by Gasteiger charge is -2.44. The molecule has 0 aliphatic carbocycles. The molecule has 1 aliphatic rings. The fourth-order valence-electron chi connectivity index (χ4n) is 5.28. The SMILES string of the molecule is C[C@]1(OP(=O)(OCc2ccccc2)OCc2ccccc2)CO[C@H](c2ccccc2)O[C@@H]1COP(=O)(OCc1ccccc1)OCc1ccccc1. The highest BCUT2D eigenvalue weighted by Gasteiger charge is 2.50. The standard InChI is InChI=1S/C40H42O10P2/c1-40(50-52(42,46-29-35-21-11-4-12-22-35)47-30-36-23-13-5-14-24-36)32-43-39(37-25-15-6-16-26-37)49-38(40)31-48-51(41,44-27-33-17-7-2-8-18-33)45-28-34-19-9-3-10-20-34/h2-26,38-39H,27-32H2,1H3/t38-,39+,40+/m1/s1. The third-order valence-electron chi connectivity index (χ3n) is 8.19. The summed E-state index contributed by atoms with van der Waals surface area (Å²) in [5.41, 5.74) is 2.35. The van der Waals surface area contributed by atoms with Crippen LogP contribution in [0.25, 0.3) is 0 Å². The quantitative estimate of drug-likeness (QED) is 0.0805. The van der Waals surface area contributed by atoms with Gasteiger partial charge in [-0.15, -0.1) is 0 Å². The van der Waals surface area contributed by atoms with Crippen molar-refractivity contribution in [1.29, 1.82) is 0 Å². The van der Waals surface area contributed by atoms with Crippen molar-refractivity contribution in [2.24, 2.45) is 0 Å². The molecule has 0 aromatic heterocycles. The highest BCUT2D eigenvalue weighted by Crippen LogP contribution is 2.57. The fraction of sp³-hybridized carbons (Fsp3) is 0.250. The van der Waals surface area contributed by atoms with E-state index in [0.717, 1.165) is 27.8 Å². The molecule has 0 unspecified atom stereocenters. The summed E-state index contributed by atoms with van der Waals surface area (Å²) in [5, 5.41) is 0. The van der Waals surface area contributed by atoms with Gasteiger partial charge in [-0.2, -0.15) is 0 Å². The minimum absolute atomic E-state index is 0.0300. The lowest BCUT2D eigenvalue weighted by atomic mass is 9.99. The zero-order valence-electron chi connectivity index (χ0n) is 28.8. The highest BCUT2D eigenvalue weighted by atomic mass is 31.2. The van der Waals surface area contributed by atoms with E-state index < -0.39 is 33.6 Å². The van der Waals surface area contributed by atoms with Crippen LogP contribution in [0.1, 0.15) is 41.0 Å². The first-order valence-corrected chi connectivity index (χ1v) is 19.8. The van der Waals surface area contributed by atoms with Crippen molar-refractivity contribution in [1.82, 2.24) is 0 Å². The molecule has 0 N–H and O–H groups in total. The predicted molar refractivity (Wildman–Crippen MR) is 196 cm³/mol. The molecule has 3 atom stereocenters. The molecule has 10 nitrogen and oxygen atoms in total. The molecule has 0 saturated carbocycles. The number of phosphoric acid groups is 2. The molecule has 1 fully saturated rings. The molecule has 5 aromatic rings. The van der Waals surface area contributed by atoms with E-state index in [0.29, 0.717) is 0 Å². The maximum Gasteiger partial charge on any atom is 0.476 e. The van der Waals surface area contributed by atoms with Gasteiger partial charge < -0.3 is 9.47 Å². The summed E-state index contributed by atoms with van der Waals surface area (Å²) < 4.78 is 77.4. The van der Waals surface area contributed by atoms with Crippen LogP contribution >= 0.6 is 15.6 Å². The molecular weight excluding hydrogens is 702 g/mol. The van der Waals surface area contributed by atoms with Gasteiger partial charge in [0, 0.05) is 5.56 Å². The Balaban J connectivity index is 1.25. The number of phosphoric ester groups is 2. The van der Waals surface area contributed by atoms with E-state index in [1.165, 1.54) is 0 Å². The van der Waals surface area contributed by atoms with Crippen LogP contribution in [0.3, 0.4) is 0 Å². The van der Waals surface area contributed by atoms with Gasteiger partial charge in [-0.3, -0.25) is 27.1 Å². The molecule has 1 aliphatic heterocycles. The van der Waals surface area contributed by atoms with Gasteiger partial charge in [-0.25, -0.2) is 9.13 Å². The van der Waals surface area contributed by atoms with E-state index in [-0.39, 0.29) is 39.6 Å². The van der Waals surface area contributed by atoms with E-state index >= 15 is 0 Å². The number of ether oxygens (including phenoxy) is 2. The van der Waals surface area contributed by atoms with Gasteiger partial charge in [-0.1, -0.05) is 152 Å². The Labute approximate surface area is 304 Å². The lowest BCUT2D eigenvalue weighted by molar-refractivity contribution is -0.290. The summed E-state index contributed by atoms with van der Waals surface area (Å²) in [6, 6.07) is 46.5. The van der Waals surface area contributed by atoms with Crippen LogP contribution in [0.5, 0.6) is 0 Å². The van der Waals surface area contributed by atoms with E-state index in [1.807, 2.05) is 152 Å². The number of hydrogen-bond donors (Lipinski definition) is 0. The van der Waals surface area contributed by atoms with Crippen LogP contribution in [0.4, 0.5) is 0 Å². The van der Waals surface area contributed by atoms with Crippen LogP contribution in [0, 0.1) is 0 Å². The maximum absolute atomic E-state index is 14.5. The summed E-state index contributed by atoms with van der Waals surface area (Å²) in [6.45, 7) is 1.06. The van der Waals surface area contributed by atoms with Gasteiger partial charge >= 0.3 is 15.6 Å². The largest absolute Gasteiger partial charge is 0.476 e. The van der Waals surface area contributed by atoms with Crippen molar-refractivity contribution in [2.45, 2.75) is 51.3 Å². The zero-order chi connectivity index (χ0) is 36.1. The second-order valence-corrected chi connectivity index (χ2v) is 15.6. The van der Waals surface area contributed by atoms with Crippen LogP contribution < -0.4 is 0 Å². The molecule has 6 rings (SSSR count). The van der Waals surface area contributed by atoms with Crippen LogP contribution in [-0.4, -0.2) is 24.9 Å². The van der Waals surface area contributed by atoms with Crippen molar-refractivity contribution in [2.75, 3.05) is 13.2 Å². The third-order valence-corrected chi connectivity index (χ3v) is 11.1.